The lowest BCUT2D eigenvalue weighted by Gasteiger charge is -2.09. The van der Waals surface area contributed by atoms with Crippen LogP contribution in [0.3, 0.4) is 0 Å². The van der Waals surface area contributed by atoms with Gasteiger partial charge in [0.2, 0.25) is 12.7 Å². The van der Waals surface area contributed by atoms with Crippen molar-refractivity contribution in [1.29, 1.82) is 0 Å². The molecule has 0 aliphatic carbocycles. The number of benzene rings is 2. The minimum Gasteiger partial charge on any atom is -0.454 e. The fraction of sp³-hybridized carbons (Fsp3) is 0.200. The number of aromatic nitrogens is 2. The molecule has 0 radical (unpaired) electrons. The number of hydrogen-bond acceptors (Lipinski definition) is 6. The van der Waals surface area contributed by atoms with Crippen molar-refractivity contribution in [1.82, 2.24) is 9.97 Å². The molecule has 0 fully saturated rings. The zero-order valence-corrected chi connectivity index (χ0v) is 14.5. The number of aryl methyl sites for hydroxylation is 1. The third kappa shape index (κ3) is 3.85. The average Bonchev–Trinajstić information content (AvgIpc) is 3.14. The second kappa shape index (κ2) is 7.31. The Labute approximate surface area is 152 Å². The van der Waals surface area contributed by atoms with Gasteiger partial charge in [0.1, 0.15) is 5.82 Å². The summed E-state index contributed by atoms with van der Waals surface area (Å²) in [6.45, 7) is 3.70. The lowest BCUT2D eigenvalue weighted by Crippen LogP contribution is -2.06. The van der Waals surface area contributed by atoms with Crippen molar-refractivity contribution >= 4 is 11.8 Å². The van der Waals surface area contributed by atoms with Crippen LogP contribution >= 0.6 is 0 Å². The number of nitrogens with one attached hydrogen (secondary N) is 2. The Balaban J connectivity index is 1.35. The molecule has 132 valence electrons. The molecular weight excluding hydrogens is 328 g/mol. The Morgan fingerprint density at radius 3 is 2.54 bits per heavy atom. The summed E-state index contributed by atoms with van der Waals surface area (Å²) in [5, 5.41) is 6.56. The second-order valence-corrected chi connectivity index (χ2v) is 6.15. The van der Waals surface area contributed by atoms with E-state index >= 15 is 0 Å². The van der Waals surface area contributed by atoms with Crippen LogP contribution in [0.4, 0.5) is 11.8 Å². The number of ether oxygens (including phenoxy) is 2. The monoisotopic (exact) mass is 348 g/mol. The minimum atomic E-state index is 0.286. The summed E-state index contributed by atoms with van der Waals surface area (Å²) in [7, 11) is 0. The Morgan fingerprint density at radius 1 is 0.885 bits per heavy atom. The number of fused-ring (bicyclic) bond motifs is 1. The summed E-state index contributed by atoms with van der Waals surface area (Å²) in [5.41, 5.74) is 3.54. The zero-order valence-electron chi connectivity index (χ0n) is 14.5. The number of anilines is 2. The molecule has 2 heterocycles. The van der Waals surface area contributed by atoms with E-state index in [2.05, 4.69) is 51.8 Å². The summed E-state index contributed by atoms with van der Waals surface area (Å²) in [6.07, 6.45) is 1.74. The van der Waals surface area contributed by atoms with Crippen LogP contribution in [0.1, 0.15) is 16.7 Å². The van der Waals surface area contributed by atoms with Crippen LogP contribution in [0.2, 0.25) is 0 Å². The predicted octanol–water partition coefficient (Wildman–Crippen LogP) is 3.74. The van der Waals surface area contributed by atoms with Crippen molar-refractivity contribution < 1.29 is 9.47 Å². The Kier molecular flexibility index (Phi) is 4.55. The van der Waals surface area contributed by atoms with Crippen LogP contribution in [0, 0.1) is 6.92 Å². The molecule has 0 spiro atoms. The first kappa shape index (κ1) is 16.2. The van der Waals surface area contributed by atoms with Gasteiger partial charge in [-0.05, 0) is 36.2 Å². The summed E-state index contributed by atoms with van der Waals surface area (Å²) in [4.78, 5) is 8.78. The van der Waals surface area contributed by atoms with Crippen LogP contribution in [-0.4, -0.2) is 16.8 Å². The highest BCUT2D eigenvalue weighted by Crippen LogP contribution is 2.32. The quantitative estimate of drug-likeness (QED) is 0.707. The molecule has 2 N–H and O–H groups in total. The average molecular weight is 348 g/mol. The first-order valence-corrected chi connectivity index (χ1v) is 8.51. The van der Waals surface area contributed by atoms with Gasteiger partial charge in [0.25, 0.3) is 0 Å². The first-order valence-electron chi connectivity index (χ1n) is 8.51. The smallest absolute Gasteiger partial charge is 0.231 e. The molecule has 26 heavy (non-hydrogen) atoms. The highest BCUT2D eigenvalue weighted by Gasteiger charge is 2.13. The molecule has 6 heteroatoms. The van der Waals surface area contributed by atoms with E-state index in [1.54, 1.807) is 6.20 Å². The van der Waals surface area contributed by atoms with Gasteiger partial charge in [-0.3, -0.25) is 0 Å². The van der Waals surface area contributed by atoms with E-state index in [1.165, 1.54) is 11.1 Å². The van der Waals surface area contributed by atoms with E-state index in [4.69, 9.17) is 9.47 Å². The lowest BCUT2D eigenvalue weighted by atomic mass is 10.1. The molecule has 0 atom stereocenters. The van der Waals surface area contributed by atoms with Crippen LogP contribution in [0.25, 0.3) is 0 Å². The van der Waals surface area contributed by atoms with Crippen LogP contribution < -0.4 is 20.1 Å². The molecule has 0 saturated carbocycles. The van der Waals surface area contributed by atoms with Gasteiger partial charge in [-0.25, -0.2) is 4.98 Å². The number of rotatable bonds is 6. The van der Waals surface area contributed by atoms with Gasteiger partial charge in [-0.15, -0.1) is 0 Å². The molecule has 0 amide bonds. The fourth-order valence-corrected chi connectivity index (χ4v) is 2.67. The maximum atomic E-state index is 5.41. The molecule has 1 aliphatic rings. The predicted molar refractivity (Wildman–Crippen MR) is 100 cm³/mol. The van der Waals surface area contributed by atoms with Crippen LogP contribution in [-0.2, 0) is 13.1 Å². The molecule has 0 bridgehead atoms. The van der Waals surface area contributed by atoms with Gasteiger partial charge < -0.3 is 20.1 Å². The van der Waals surface area contributed by atoms with E-state index in [0.29, 0.717) is 19.0 Å². The summed E-state index contributed by atoms with van der Waals surface area (Å²) in [6, 6.07) is 16.2. The minimum absolute atomic E-state index is 0.286. The maximum Gasteiger partial charge on any atom is 0.231 e. The molecule has 2 aromatic carbocycles. The van der Waals surface area contributed by atoms with Crippen molar-refractivity contribution in [3.05, 3.63) is 71.4 Å². The van der Waals surface area contributed by atoms with Crippen molar-refractivity contribution in [2.75, 3.05) is 17.4 Å². The Hall–Kier alpha value is -3.28. The Bertz CT molecular complexity index is 897. The summed E-state index contributed by atoms with van der Waals surface area (Å²) >= 11 is 0. The van der Waals surface area contributed by atoms with Gasteiger partial charge >= 0.3 is 0 Å². The highest BCUT2D eigenvalue weighted by molar-refractivity contribution is 5.46. The van der Waals surface area contributed by atoms with Crippen molar-refractivity contribution in [2.45, 2.75) is 20.0 Å². The SMILES string of the molecule is Cc1ccc(CNc2nccc(NCc3ccc4c(c3)OCO4)n2)cc1. The third-order valence-corrected chi connectivity index (χ3v) is 4.14. The van der Waals surface area contributed by atoms with Crippen molar-refractivity contribution in [3.8, 4) is 11.5 Å². The molecule has 0 unspecified atom stereocenters. The molecule has 3 aromatic rings. The summed E-state index contributed by atoms with van der Waals surface area (Å²) < 4.78 is 10.7. The molecule has 1 aromatic heterocycles. The zero-order chi connectivity index (χ0) is 17.8. The maximum absolute atomic E-state index is 5.41. The summed E-state index contributed by atoms with van der Waals surface area (Å²) in [5.74, 6) is 2.94. The van der Waals surface area contributed by atoms with E-state index in [9.17, 15) is 0 Å². The van der Waals surface area contributed by atoms with Gasteiger partial charge in [0.05, 0.1) is 0 Å². The molecule has 0 saturated heterocycles. The second-order valence-electron chi connectivity index (χ2n) is 6.15. The van der Waals surface area contributed by atoms with Gasteiger partial charge in [-0.2, -0.15) is 4.98 Å². The fourth-order valence-electron chi connectivity index (χ4n) is 2.67. The van der Waals surface area contributed by atoms with Crippen LogP contribution in [0.5, 0.6) is 11.5 Å². The molecular formula is C20H20N4O2. The topological polar surface area (TPSA) is 68.3 Å². The van der Waals surface area contributed by atoms with E-state index < -0.39 is 0 Å². The standard InChI is InChI=1S/C20H20N4O2/c1-14-2-4-15(5-3-14)11-23-20-21-9-8-19(24-20)22-12-16-6-7-17-18(10-16)26-13-25-17/h2-10H,11-13H2,1H3,(H2,21,22,23,24). The first-order chi connectivity index (χ1) is 12.8. The third-order valence-electron chi connectivity index (χ3n) is 4.14. The molecule has 1 aliphatic heterocycles. The molecule has 6 nitrogen and oxygen atoms in total. The highest BCUT2D eigenvalue weighted by atomic mass is 16.7. The van der Waals surface area contributed by atoms with Crippen molar-refractivity contribution in [2.24, 2.45) is 0 Å². The number of hydrogen-bond donors (Lipinski definition) is 2. The van der Waals surface area contributed by atoms with Gasteiger partial charge in [-0.1, -0.05) is 35.9 Å². The van der Waals surface area contributed by atoms with E-state index in [1.807, 2.05) is 24.3 Å². The number of nitrogens with zero attached hydrogens (tertiary/aromatic N) is 2. The van der Waals surface area contributed by atoms with E-state index in [0.717, 1.165) is 22.9 Å². The van der Waals surface area contributed by atoms with Crippen LogP contribution in [0.15, 0.2) is 54.7 Å². The van der Waals surface area contributed by atoms with Gasteiger partial charge in [0, 0.05) is 19.3 Å². The van der Waals surface area contributed by atoms with E-state index in [-0.39, 0.29) is 6.79 Å². The van der Waals surface area contributed by atoms with Gasteiger partial charge in [0.15, 0.2) is 11.5 Å². The largest absolute Gasteiger partial charge is 0.454 e. The van der Waals surface area contributed by atoms with Crippen molar-refractivity contribution in [3.63, 3.8) is 0 Å². The molecule has 4 rings (SSSR count). The Morgan fingerprint density at radius 2 is 1.65 bits per heavy atom. The normalized spacial score (nSPS) is 12.0. The lowest BCUT2D eigenvalue weighted by molar-refractivity contribution is 0.174.